The van der Waals surface area contributed by atoms with Gasteiger partial charge in [-0.2, -0.15) is 0 Å². The third kappa shape index (κ3) is 6.07. The lowest BCUT2D eigenvalue weighted by Crippen LogP contribution is -2.50. The summed E-state index contributed by atoms with van der Waals surface area (Å²) in [5.41, 5.74) is 3.40. The van der Waals surface area contributed by atoms with E-state index in [0.717, 1.165) is 57.5 Å². The summed E-state index contributed by atoms with van der Waals surface area (Å²) in [6.07, 6.45) is 4.56. The highest BCUT2D eigenvalue weighted by Gasteiger charge is 2.32. The molecular formula is C25H39N3O2. The highest BCUT2D eigenvalue weighted by Crippen LogP contribution is 2.27. The number of benzene rings is 1. The van der Waals surface area contributed by atoms with E-state index >= 15 is 0 Å². The lowest BCUT2D eigenvalue weighted by atomic mass is 9.90. The molecule has 0 atom stereocenters. The van der Waals surface area contributed by atoms with E-state index in [1.165, 1.54) is 11.1 Å². The van der Waals surface area contributed by atoms with E-state index in [1.54, 1.807) is 0 Å². The third-order valence-corrected chi connectivity index (χ3v) is 6.69. The summed E-state index contributed by atoms with van der Waals surface area (Å²) < 4.78 is 0. The SMILES string of the molecule is Cc1ccc(NC(=O)C2CCN(C3CCN(C(=O)CC(C)(C)C)CC3)CC2)cc1C. The molecule has 0 aromatic heterocycles. The van der Waals surface area contributed by atoms with Crippen LogP contribution in [0.3, 0.4) is 0 Å². The molecule has 1 aromatic rings. The molecule has 1 N–H and O–H groups in total. The van der Waals surface area contributed by atoms with Gasteiger partial charge in [0.05, 0.1) is 0 Å². The van der Waals surface area contributed by atoms with Gasteiger partial charge in [0, 0.05) is 37.2 Å². The molecular weight excluding hydrogens is 374 g/mol. The number of carbonyl (C=O) groups excluding carboxylic acids is 2. The molecule has 2 amide bonds. The predicted octanol–water partition coefficient (Wildman–Crippen LogP) is 4.38. The summed E-state index contributed by atoms with van der Waals surface area (Å²) in [6.45, 7) is 14.2. The number of hydrogen-bond donors (Lipinski definition) is 1. The molecule has 0 aliphatic carbocycles. The fourth-order valence-corrected chi connectivity index (χ4v) is 4.64. The van der Waals surface area contributed by atoms with Crippen molar-refractivity contribution in [3.05, 3.63) is 29.3 Å². The van der Waals surface area contributed by atoms with Crippen LogP contribution in [0.2, 0.25) is 0 Å². The van der Waals surface area contributed by atoms with E-state index in [4.69, 9.17) is 0 Å². The van der Waals surface area contributed by atoms with Gasteiger partial charge in [-0.25, -0.2) is 0 Å². The van der Waals surface area contributed by atoms with Crippen LogP contribution < -0.4 is 5.32 Å². The van der Waals surface area contributed by atoms with Crippen LogP contribution in [0.25, 0.3) is 0 Å². The van der Waals surface area contributed by atoms with Gasteiger partial charge in [-0.15, -0.1) is 0 Å². The number of aryl methyl sites for hydroxylation is 2. The minimum atomic E-state index is 0.0493. The number of rotatable bonds is 4. The van der Waals surface area contributed by atoms with Crippen LogP contribution in [0.5, 0.6) is 0 Å². The van der Waals surface area contributed by atoms with Crippen molar-refractivity contribution >= 4 is 17.5 Å². The van der Waals surface area contributed by atoms with E-state index in [1.807, 2.05) is 11.0 Å². The first-order chi connectivity index (χ1) is 14.1. The average molecular weight is 414 g/mol. The molecule has 5 heteroatoms. The normalized spacial score (nSPS) is 19.7. The van der Waals surface area contributed by atoms with Gasteiger partial charge in [-0.3, -0.25) is 9.59 Å². The number of piperidine rings is 2. The maximum Gasteiger partial charge on any atom is 0.227 e. The maximum absolute atomic E-state index is 12.7. The van der Waals surface area contributed by atoms with E-state index in [0.29, 0.717) is 18.4 Å². The summed E-state index contributed by atoms with van der Waals surface area (Å²) in [5.74, 6) is 0.541. The lowest BCUT2D eigenvalue weighted by molar-refractivity contribution is -0.135. The Morgan fingerprint density at radius 3 is 2.17 bits per heavy atom. The summed E-state index contributed by atoms with van der Waals surface area (Å²) in [5, 5.41) is 3.11. The molecule has 2 saturated heterocycles. The molecule has 1 aromatic carbocycles. The fraction of sp³-hybridized carbons (Fsp3) is 0.680. The largest absolute Gasteiger partial charge is 0.343 e. The van der Waals surface area contributed by atoms with Crippen LogP contribution >= 0.6 is 0 Å². The highest BCUT2D eigenvalue weighted by atomic mass is 16.2. The monoisotopic (exact) mass is 413 g/mol. The van der Waals surface area contributed by atoms with Crippen molar-refractivity contribution in [3.8, 4) is 0 Å². The van der Waals surface area contributed by atoms with Crippen LogP contribution in [0.1, 0.15) is 64.0 Å². The van der Waals surface area contributed by atoms with Crippen molar-refractivity contribution in [1.29, 1.82) is 0 Å². The first-order valence-electron chi connectivity index (χ1n) is 11.5. The number of nitrogens with zero attached hydrogens (tertiary/aromatic N) is 2. The molecule has 0 unspecified atom stereocenters. The van der Waals surface area contributed by atoms with E-state index < -0.39 is 0 Å². The van der Waals surface area contributed by atoms with Crippen molar-refractivity contribution in [3.63, 3.8) is 0 Å². The molecule has 5 nitrogen and oxygen atoms in total. The first-order valence-corrected chi connectivity index (χ1v) is 11.5. The topological polar surface area (TPSA) is 52.7 Å². The van der Waals surface area contributed by atoms with Gasteiger partial charge >= 0.3 is 0 Å². The summed E-state index contributed by atoms with van der Waals surface area (Å²) >= 11 is 0. The van der Waals surface area contributed by atoms with E-state index in [2.05, 4.69) is 57.0 Å². The first kappa shape index (κ1) is 22.8. The lowest BCUT2D eigenvalue weighted by Gasteiger charge is -2.42. The predicted molar refractivity (Wildman–Crippen MR) is 123 cm³/mol. The average Bonchev–Trinajstić information content (AvgIpc) is 2.70. The maximum atomic E-state index is 12.7. The Labute approximate surface area is 182 Å². The molecule has 0 bridgehead atoms. The number of carbonyl (C=O) groups is 2. The van der Waals surface area contributed by atoms with Crippen molar-refractivity contribution in [2.45, 2.75) is 72.8 Å². The molecule has 2 aliphatic rings. The van der Waals surface area contributed by atoms with Crippen LogP contribution in [0.4, 0.5) is 5.69 Å². The summed E-state index contributed by atoms with van der Waals surface area (Å²) in [6, 6.07) is 6.65. The van der Waals surface area contributed by atoms with Crippen molar-refractivity contribution in [2.75, 3.05) is 31.5 Å². The highest BCUT2D eigenvalue weighted by molar-refractivity contribution is 5.92. The quantitative estimate of drug-likeness (QED) is 0.797. The number of nitrogens with one attached hydrogen (secondary N) is 1. The van der Waals surface area contributed by atoms with Crippen molar-refractivity contribution < 1.29 is 9.59 Å². The Bertz CT molecular complexity index is 752. The molecule has 30 heavy (non-hydrogen) atoms. The fourth-order valence-electron chi connectivity index (χ4n) is 4.64. The zero-order chi connectivity index (χ0) is 21.9. The number of hydrogen-bond acceptors (Lipinski definition) is 3. The molecule has 0 radical (unpaired) electrons. The van der Waals surface area contributed by atoms with E-state index in [9.17, 15) is 9.59 Å². The molecule has 166 valence electrons. The molecule has 0 saturated carbocycles. The minimum absolute atomic E-state index is 0.0493. The zero-order valence-corrected chi connectivity index (χ0v) is 19.5. The van der Waals surface area contributed by atoms with Gasteiger partial charge in [0.2, 0.25) is 11.8 Å². The molecule has 2 heterocycles. The number of amides is 2. The number of anilines is 1. The van der Waals surface area contributed by atoms with E-state index in [-0.39, 0.29) is 17.2 Å². The second kappa shape index (κ2) is 9.51. The van der Waals surface area contributed by atoms with Gasteiger partial charge in [-0.1, -0.05) is 26.8 Å². The van der Waals surface area contributed by atoms with Gasteiger partial charge in [0.1, 0.15) is 0 Å². The van der Waals surface area contributed by atoms with Gasteiger partial charge in [-0.05, 0) is 81.3 Å². The Morgan fingerprint density at radius 1 is 0.967 bits per heavy atom. The Morgan fingerprint density at radius 2 is 1.60 bits per heavy atom. The Balaban J connectivity index is 1.43. The van der Waals surface area contributed by atoms with Crippen LogP contribution in [-0.2, 0) is 9.59 Å². The molecule has 3 rings (SSSR count). The van der Waals surface area contributed by atoms with Gasteiger partial charge in [0.15, 0.2) is 0 Å². The minimum Gasteiger partial charge on any atom is -0.343 e. The molecule has 0 spiro atoms. The Hall–Kier alpha value is -1.88. The molecule has 2 aliphatic heterocycles. The second-order valence-electron chi connectivity index (χ2n) is 10.4. The molecule has 2 fully saturated rings. The van der Waals surface area contributed by atoms with Crippen molar-refractivity contribution in [2.24, 2.45) is 11.3 Å². The van der Waals surface area contributed by atoms with Crippen LogP contribution in [-0.4, -0.2) is 53.8 Å². The summed E-state index contributed by atoms with van der Waals surface area (Å²) in [4.78, 5) is 29.8. The smallest absolute Gasteiger partial charge is 0.227 e. The zero-order valence-electron chi connectivity index (χ0n) is 19.5. The van der Waals surface area contributed by atoms with Gasteiger partial charge in [0.25, 0.3) is 0 Å². The number of likely N-dealkylation sites (tertiary alicyclic amines) is 2. The Kier molecular flexibility index (Phi) is 7.22. The second-order valence-corrected chi connectivity index (χ2v) is 10.4. The van der Waals surface area contributed by atoms with Crippen LogP contribution in [0, 0.1) is 25.2 Å². The van der Waals surface area contributed by atoms with Gasteiger partial charge < -0.3 is 15.1 Å². The summed E-state index contributed by atoms with van der Waals surface area (Å²) in [7, 11) is 0. The standard InChI is InChI=1S/C25H39N3O2/c1-18-6-7-21(16-19(18)2)26-24(30)20-8-12-27(13-9-20)22-10-14-28(15-11-22)23(29)17-25(3,4)5/h6-7,16,20,22H,8-15,17H2,1-5H3,(H,26,30). The van der Waals surface area contributed by atoms with Crippen molar-refractivity contribution in [1.82, 2.24) is 9.80 Å². The van der Waals surface area contributed by atoms with Crippen LogP contribution in [0.15, 0.2) is 18.2 Å². The third-order valence-electron chi connectivity index (χ3n) is 6.69.